The summed E-state index contributed by atoms with van der Waals surface area (Å²) in [7, 11) is -1.03. The molecule has 3 aromatic rings. The lowest BCUT2D eigenvalue weighted by atomic mass is 9.78. The van der Waals surface area contributed by atoms with Crippen LogP contribution in [0.4, 0.5) is 11.8 Å². The summed E-state index contributed by atoms with van der Waals surface area (Å²) < 4.78 is 18.1. The molecule has 4 N–H and O–H groups in total. The van der Waals surface area contributed by atoms with E-state index in [9.17, 15) is 4.21 Å². The number of fused-ring (bicyclic) bond motifs is 2. The van der Waals surface area contributed by atoms with E-state index in [-0.39, 0.29) is 5.41 Å². The van der Waals surface area contributed by atoms with E-state index in [1.165, 1.54) is 0 Å². The highest BCUT2D eigenvalue weighted by Crippen LogP contribution is 2.36. The van der Waals surface area contributed by atoms with Gasteiger partial charge in [0.1, 0.15) is 5.82 Å². The Kier molecular flexibility index (Phi) is 5.16. The lowest BCUT2D eigenvalue weighted by molar-refractivity contribution is -0.106. The predicted octanol–water partition coefficient (Wildman–Crippen LogP) is 2.17. The summed E-state index contributed by atoms with van der Waals surface area (Å²) in [5.74, 6) is 1.59. The van der Waals surface area contributed by atoms with E-state index in [1.54, 1.807) is 0 Å². The largest absolute Gasteiger partial charge is 0.383 e. The van der Waals surface area contributed by atoms with E-state index >= 15 is 0 Å². The van der Waals surface area contributed by atoms with Crippen molar-refractivity contribution in [1.82, 2.24) is 9.97 Å². The Morgan fingerprint density at radius 3 is 2.74 bits per heavy atom. The van der Waals surface area contributed by atoms with Crippen LogP contribution in [-0.4, -0.2) is 46.2 Å². The lowest BCUT2D eigenvalue weighted by Gasteiger charge is -2.41. The third kappa shape index (κ3) is 3.58. The van der Waals surface area contributed by atoms with Crippen molar-refractivity contribution in [2.75, 3.05) is 42.7 Å². The standard InChI is InChI=1S/C23H27N5O2S/c1-15-6-7-18-20(17(15)10-23(12-24)13-30-14-23)21(25)27-22(26-18)28-8-9-31(29)19-5-3-2-4-16(19)11-28/h2-7H,8-14,24H2,1H3,(H2,25,26,27). The van der Waals surface area contributed by atoms with Gasteiger partial charge in [-0.2, -0.15) is 4.98 Å². The Hall–Kier alpha value is -2.55. The maximum atomic E-state index is 12.6. The zero-order valence-electron chi connectivity index (χ0n) is 17.6. The quantitative estimate of drug-likeness (QED) is 0.644. The highest BCUT2D eigenvalue weighted by Gasteiger charge is 2.38. The second-order valence-electron chi connectivity index (χ2n) is 8.62. The molecule has 7 nitrogen and oxygen atoms in total. The Morgan fingerprint density at radius 2 is 2.00 bits per heavy atom. The third-order valence-electron chi connectivity index (χ3n) is 6.43. The average molecular weight is 438 g/mol. The van der Waals surface area contributed by atoms with Gasteiger partial charge in [-0.05, 0) is 42.2 Å². The normalized spacial score (nSPS) is 20.2. The van der Waals surface area contributed by atoms with Crippen molar-refractivity contribution in [3.63, 3.8) is 0 Å². The topological polar surface area (TPSA) is 107 Å². The summed E-state index contributed by atoms with van der Waals surface area (Å²) in [5, 5.41) is 0.905. The molecule has 5 rings (SSSR count). The van der Waals surface area contributed by atoms with Crippen LogP contribution in [0.15, 0.2) is 41.3 Å². The molecule has 1 atom stereocenters. The summed E-state index contributed by atoms with van der Waals surface area (Å²) in [6, 6.07) is 12.0. The zero-order chi connectivity index (χ0) is 21.6. The third-order valence-corrected chi connectivity index (χ3v) is 7.87. The molecule has 0 amide bonds. The van der Waals surface area contributed by atoms with E-state index in [1.807, 2.05) is 30.3 Å². The number of rotatable bonds is 4. The fourth-order valence-electron chi connectivity index (χ4n) is 4.46. The summed E-state index contributed by atoms with van der Waals surface area (Å²) in [4.78, 5) is 12.5. The minimum atomic E-state index is -1.03. The van der Waals surface area contributed by atoms with Crippen LogP contribution in [0.3, 0.4) is 0 Å². The highest BCUT2D eigenvalue weighted by molar-refractivity contribution is 7.85. The number of aromatic nitrogens is 2. The van der Waals surface area contributed by atoms with Gasteiger partial charge in [-0.1, -0.05) is 24.3 Å². The first-order valence-electron chi connectivity index (χ1n) is 10.5. The van der Waals surface area contributed by atoms with Crippen LogP contribution in [0.5, 0.6) is 0 Å². The van der Waals surface area contributed by atoms with Gasteiger partial charge < -0.3 is 21.1 Å². The van der Waals surface area contributed by atoms with Crippen molar-refractivity contribution in [2.45, 2.75) is 24.8 Å². The van der Waals surface area contributed by atoms with Crippen molar-refractivity contribution >= 4 is 33.5 Å². The monoisotopic (exact) mass is 437 g/mol. The number of nitrogen functional groups attached to an aromatic ring is 1. The molecule has 0 radical (unpaired) electrons. The molecule has 1 unspecified atom stereocenters. The van der Waals surface area contributed by atoms with E-state index in [0.717, 1.165) is 38.9 Å². The summed E-state index contributed by atoms with van der Waals surface area (Å²) in [5.41, 5.74) is 16.7. The van der Waals surface area contributed by atoms with Crippen molar-refractivity contribution in [3.8, 4) is 0 Å². The number of nitrogens with two attached hydrogens (primary N) is 2. The number of hydrogen-bond acceptors (Lipinski definition) is 7. The van der Waals surface area contributed by atoms with Crippen molar-refractivity contribution in [3.05, 3.63) is 53.1 Å². The van der Waals surface area contributed by atoms with Crippen LogP contribution in [0.1, 0.15) is 16.7 Å². The van der Waals surface area contributed by atoms with E-state index in [2.05, 4.69) is 17.9 Å². The highest BCUT2D eigenvalue weighted by atomic mass is 32.2. The second kappa shape index (κ2) is 7.85. The van der Waals surface area contributed by atoms with Crippen LogP contribution < -0.4 is 16.4 Å². The van der Waals surface area contributed by atoms with Crippen molar-refractivity contribution < 1.29 is 8.95 Å². The first kappa shape index (κ1) is 20.4. The minimum absolute atomic E-state index is 0.0390. The fraction of sp³-hybridized carbons (Fsp3) is 0.391. The lowest BCUT2D eigenvalue weighted by Crippen LogP contribution is -2.50. The van der Waals surface area contributed by atoms with Crippen molar-refractivity contribution in [2.24, 2.45) is 11.1 Å². The molecule has 0 saturated carbocycles. The summed E-state index contributed by atoms with van der Waals surface area (Å²) in [6.07, 6.45) is 0.801. The Labute approximate surface area is 184 Å². The number of benzene rings is 2. The van der Waals surface area contributed by atoms with Gasteiger partial charge in [-0.3, -0.25) is 4.21 Å². The Morgan fingerprint density at radius 1 is 1.19 bits per heavy atom. The molecule has 0 aliphatic carbocycles. The Balaban J connectivity index is 1.55. The number of aryl methyl sites for hydroxylation is 1. The minimum Gasteiger partial charge on any atom is -0.383 e. The SMILES string of the molecule is Cc1ccc2nc(N3CCS(=O)c4ccccc4C3)nc(N)c2c1CC1(CN)COC1. The zero-order valence-corrected chi connectivity index (χ0v) is 18.5. The predicted molar refractivity (Wildman–Crippen MR) is 123 cm³/mol. The first-order valence-corrected chi connectivity index (χ1v) is 11.9. The molecule has 0 bridgehead atoms. The van der Waals surface area contributed by atoms with Gasteiger partial charge >= 0.3 is 0 Å². The van der Waals surface area contributed by atoms with E-state index in [4.69, 9.17) is 26.2 Å². The van der Waals surface area contributed by atoms with Crippen LogP contribution >= 0.6 is 0 Å². The Bertz CT molecular complexity index is 1170. The van der Waals surface area contributed by atoms with Gasteiger partial charge in [0.05, 0.1) is 29.5 Å². The molecule has 0 spiro atoms. The molecule has 2 aliphatic rings. The van der Waals surface area contributed by atoms with Gasteiger partial charge in [-0.25, -0.2) is 4.98 Å². The molecule has 2 aliphatic heterocycles. The molecule has 8 heteroatoms. The molecule has 1 saturated heterocycles. The molecule has 1 fully saturated rings. The molecule has 1 aromatic heterocycles. The molecular weight excluding hydrogens is 410 g/mol. The molecule has 3 heterocycles. The smallest absolute Gasteiger partial charge is 0.228 e. The number of nitrogens with zero attached hydrogens (tertiary/aromatic N) is 3. The van der Waals surface area contributed by atoms with Crippen LogP contribution in [-0.2, 0) is 28.5 Å². The average Bonchev–Trinajstić information content (AvgIpc) is 2.91. The number of hydrogen-bond donors (Lipinski definition) is 2. The summed E-state index contributed by atoms with van der Waals surface area (Å²) in [6.45, 7) is 5.22. The van der Waals surface area contributed by atoms with E-state index < -0.39 is 10.8 Å². The maximum absolute atomic E-state index is 12.6. The molecule has 2 aromatic carbocycles. The molecular formula is C23H27N5O2S. The molecule has 31 heavy (non-hydrogen) atoms. The van der Waals surface area contributed by atoms with Crippen LogP contribution in [0, 0.1) is 12.3 Å². The fourth-order valence-corrected chi connectivity index (χ4v) is 5.72. The van der Waals surface area contributed by atoms with E-state index in [0.29, 0.717) is 50.4 Å². The number of anilines is 2. The molecule has 162 valence electrons. The van der Waals surface area contributed by atoms with Gasteiger partial charge in [0.2, 0.25) is 5.95 Å². The van der Waals surface area contributed by atoms with Gasteiger partial charge in [0.25, 0.3) is 0 Å². The van der Waals surface area contributed by atoms with Crippen LogP contribution in [0.2, 0.25) is 0 Å². The van der Waals surface area contributed by atoms with Gasteiger partial charge in [0.15, 0.2) is 0 Å². The summed E-state index contributed by atoms with van der Waals surface area (Å²) >= 11 is 0. The van der Waals surface area contributed by atoms with Crippen molar-refractivity contribution in [1.29, 1.82) is 0 Å². The second-order valence-corrected chi connectivity index (χ2v) is 10.2. The first-order chi connectivity index (χ1) is 15.0. The number of ether oxygens (including phenoxy) is 1. The maximum Gasteiger partial charge on any atom is 0.228 e. The van der Waals surface area contributed by atoms with Gasteiger partial charge in [0, 0.05) is 41.1 Å². The van der Waals surface area contributed by atoms with Crippen LogP contribution in [0.25, 0.3) is 10.9 Å². The van der Waals surface area contributed by atoms with Gasteiger partial charge in [-0.15, -0.1) is 0 Å².